The minimum absolute atomic E-state index is 0.346. The summed E-state index contributed by atoms with van der Waals surface area (Å²) >= 11 is 0. The van der Waals surface area contributed by atoms with E-state index in [1.54, 1.807) is 22.8 Å². The molecule has 2 N–H and O–H groups in total. The summed E-state index contributed by atoms with van der Waals surface area (Å²) in [6, 6.07) is 5.33. The third kappa shape index (κ3) is 2.36. The van der Waals surface area contributed by atoms with Gasteiger partial charge < -0.3 is 14.9 Å². The van der Waals surface area contributed by atoms with E-state index in [-0.39, 0.29) is 5.76 Å². The molecule has 0 atom stereocenters. The molecule has 102 valence electrons. The van der Waals surface area contributed by atoms with Crippen LogP contribution < -0.4 is 11.5 Å². The molecule has 0 unspecified atom stereocenters. The minimum atomic E-state index is -0.346. The number of fused-ring (bicyclic) bond motifs is 1. The van der Waals surface area contributed by atoms with Crippen molar-refractivity contribution < 1.29 is 9.15 Å². The van der Waals surface area contributed by atoms with E-state index in [1.165, 1.54) is 0 Å². The maximum atomic E-state index is 11.9. The van der Waals surface area contributed by atoms with E-state index >= 15 is 0 Å². The predicted molar refractivity (Wildman–Crippen MR) is 72.1 cm³/mol. The zero-order valence-corrected chi connectivity index (χ0v) is 10.7. The first-order valence-corrected chi connectivity index (χ1v) is 6.43. The van der Waals surface area contributed by atoms with Gasteiger partial charge in [0.2, 0.25) is 0 Å². The van der Waals surface area contributed by atoms with Crippen LogP contribution in [0.2, 0.25) is 0 Å². The highest BCUT2D eigenvalue weighted by Gasteiger charge is 2.14. The molecule has 1 aliphatic rings. The number of nitrogens with zero attached hydrogens (tertiary/aromatic N) is 2. The average molecular weight is 263 g/mol. The van der Waals surface area contributed by atoms with Crippen LogP contribution in [0.15, 0.2) is 27.4 Å². The number of hydrogen-bond donors (Lipinski definition) is 1. The highest BCUT2D eigenvalue weighted by Crippen LogP contribution is 2.19. The number of oxazole rings is 1. The van der Waals surface area contributed by atoms with Crippen molar-refractivity contribution in [1.82, 2.24) is 9.47 Å². The highest BCUT2D eigenvalue weighted by atomic mass is 16.5. The molecule has 1 aromatic carbocycles. The smallest absolute Gasteiger partial charge is 0.408 e. The molecular formula is C13H17N3O3. The van der Waals surface area contributed by atoms with Gasteiger partial charge in [-0.05, 0) is 12.1 Å². The van der Waals surface area contributed by atoms with E-state index in [4.69, 9.17) is 14.9 Å². The molecule has 0 radical (unpaired) electrons. The van der Waals surface area contributed by atoms with Crippen LogP contribution in [0.4, 0.5) is 5.69 Å². The molecule has 1 aromatic heterocycles. The van der Waals surface area contributed by atoms with Crippen molar-refractivity contribution in [3.63, 3.8) is 0 Å². The van der Waals surface area contributed by atoms with Crippen molar-refractivity contribution in [2.45, 2.75) is 6.54 Å². The van der Waals surface area contributed by atoms with Crippen LogP contribution in [0, 0.1) is 0 Å². The summed E-state index contributed by atoms with van der Waals surface area (Å²) in [7, 11) is 0. The van der Waals surface area contributed by atoms with Crippen LogP contribution in [-0.2, 0) is 11.3 Å². The van der Waals surface area contributed by atoms with Gasteiger partial charge in [0, 0.05) is 26.2 Å². The Kier molecular flexibility index (Phi) is 3.27. The average Bonchev–Trinajstić information content (AvgIpc) is 2.75. The molecule has 3 rings (SSSR count). The molecule has 2 heterocycles. The fourth-order valence-electron chi connectivity index (χ4n) is 2.42. The molecular weight excluding hydrogens is 246 g/mol. The number of rotatable bonds is 3. The number of anilines is 1. The summed E-state index contributed by atoms with van der Waals surface area (Å²) in [6.45, 7) is 4.69. The van der Waals surface area contributed by atoms with Crippen LogP contribution in [0.1, 0.15) is 0 Å². The van der Waals surface area contributed by atoms with Crippen molar-refractivity contribution in [3.8, 4) is 0 Å². The van der Waals surface area contributed by atoms with Gasteiger partial charge in [0.15, 0.2) is 5.58 Å². The Labute approximate surface area is 110 Å². The summed E-state index contributed by atoms with van der Waals surface area (Å²) in [5.41, 5.74) is 7.74. The van der Waals surface area contributed by atoms with E-state index in [0.717, 1.165) is 32.8 Å². The number of benzene rings is 1. The Morgan fingerprint density at radius 2 is 2.00 bits per heavy atom. The topological polar surface area (TPSA) is 73.6 Å². The normalized spacial score (nSPS) is 17.1. The van der Waals surface area contributed by atoms with Gasteiger partial charge in [-0.1, -0.05) is 6.07 Å². The second-order valence-electron chi connectivity index (χ2n) is 4.67. The van der Waals surface area contributed by atoms with Crippen LogP contribution in [-0.4, -0.2) is 42.3 Å². The third-order valence-electron chi connectivity index (χ3n) is 3.46. The summed E-state index contributed by atoms with van der Waals surface area (Å²) in [5, 5.41) is 0. The fraction of sp³-hybridized carbons (Fsp3) is 0.462. The molecule has 2 aromatic rings. The molecule has 6 heteroatoms. The summed E-state index contributed by atoms with van der Waals surface area (Å²) in [5.74, 6) is -0.346. The Balaban J connectivity index is 1.84. The number of nitrogens with two attached hydrogens (primary N) is 1. The molecule has 6 nitrogen and oxygen atoms in total. The minimum Gasteiger partial charge on any atom is -0.408 e. The summed E-state index contributed by atoms with van der Waals surface area (Å²) in [6.07, 6.45) is 0. The molecule has 19 heavy (non-hydrogen) atoms. The SMILES string of the molecule is Nc1cccc2oc(=O)n(CCN3CCOCC3)c12. The van der Waals surface area contributed by atoms with Crippen LogP contribution >= 0.6 is 0 Å². The van der Waals surface area contributed by atoms with E-state index < -0.39 is 0 Å². The molecule has 0 amide bonds. The van der Waals surface area contributed by atoms with E-state index in [9.17, 15) is 4.79 Å². The molecule has 1 fully saturated rings. The zero-order chi connectivity index (χ0) is 13.2. The molecule has 0 spiro atoms. The number of para-hydroxylation sites is 1. The lowest BCUT2D eigenvalue weighted by Crippen LogP contribution is -2.38. The van der Waals surface area contributed by atoms with Crippen molar-refractivity contribution in [3.05, 3.63) is 28.7 Å². The Hall–Kier alpha value is -1.79. The second-order valence-corrected chi connectivity index (χ2v) is 4.67. The quantitative estimate of drug-likeness (QED) is 0.817. The summed E-state index contributed by atoms with van der Waals surface area (Å²) in [4.78, 5) is 14.1. The third-order valence-corrected chi connectivity index (χ3v) is 3.46. The van der Waals surface area contributed by atoms with Crippen molar-refractivity contribution in [2.75, 3.05) is 38.6 Å². The van der Waals surface area contributed by atoms with Crippen molar-refractivity contribution in [1.29, 1.82) is 0 Å². The number of ether oxygens (including phenoxy) is 1. The van der Waals surface area contributed by atoms with E-state index in [1.807, 2.05) is 0 Å². The standard InChI is InChI=1S/C13H17N3O3/c14-10-2-1-3-11-12(10)16(13(17)19-11)5-4-15-6-8-18-9-7-15/h1-3H,4-9,14H2. The Morgan fingerprint density at radius 3 is 2.79 bits per heavy atom. The predicted octanol–water partition coefficient (Wildman–Crippen LogP) is 0.509. The molecule has 0 saturated carbocycles. The van der Waals surface area contributed by atoms with Gasteiger partial charge in [0.1, 0.15) is 5.52 Å². The van der Waals surface area contributed by atoms with Crippen LogP contribution in [0.3, 0.4) is 0 Å². The zero-order valence-electron chi connectivity index (χ0n) is 10.7. The molecule has 1 saturated heterocycles. The lowest BCUT2D eigenvalue weighted by atomic mass is 10.3. The highest BCUT2D eigenvalue weighted by molar-refractivity contribution is 5.85. The van der Waals surface area contributed by atoms with Gasteiger partial charge in [-0.25, -0.2) is 4.79 Å². The maximum Gasteiger partial charge on any atom is 0.420 e. The largest absolute Gasteiger partial charge is 0.420 e. The summed E-state index contributed by atoms with van der Waals surface area (Å²) < 4.78 is 12.1. The van der Waals surface area contributed by atoms with Gasteiger partial charge in [0.05, 0.1) is 18.9 Å². The monoisotopic (exact) mass is 263 g/mol. The van der Waals surface area contributed by atoms with Gasteiger partial charge in [-0.3, -0.25) is 9.47 Å². The molecule has 1 aliphatic heterocycles. The van der Waals surface area contributed by atoms with Crippen LogP contribution in [0.5, 0.6) is 0 Å². The van der Waals surface area contributed by atoms with Crippen molar-refractivity contribution in [2.24, 2.45) is 0 Å². The van der Waals surface area contributed by atoms with Gasteiger partial charge in [0.25, 0.3) is 0 Å². The number of aromatic nitrogens is 1. The second kappa shape index (κ2) is 5.07. The van der Waals surface area contributed by atoms with Crippen LogP contribution in [0.25, 0.3) is 11.1 Å². The first-order chi connectivity index (χ1) is 9.25. The number of nitrogen functional groups attached to an aromatic ring is 1. The molecule has 0 bridgehead atoms. The van der Waals surface area contributed by atoms with Gasteiger partial charge in [-0.2, -0.15) is 0 Å². The number of hydrogen-bond acceptors (Lipinski definition) is 5. The van der Waals surface area contributed by atoms with Crippen molar-refractivity contribution >= 4 is 16.8 Å². The first-order valence-electron chi connectivity index (χ1n) is 6.43. The molecule has 0 aliphatic carbocycles. The Morgan fingerprint density at radius 1 is 1.21 bits per heavy atom. The number of morpholine rings is 1. The van der Waals surface area contributed by atoms with Gasteiger partial charge >= 0.3 is 5.76 Å². The van der Waals surface area contributed by atoms with E-state index in [0.29, 0.717) is 23.3 Å². The lowest BCUT2D eigenvalue weighted by molar-refractivity contribution is 0.0363. The lowest BCUT2D eigenvalue weighted by Gasteiger charge is -2.26. The Bertz CT molecular complexity index is 626. The van der Waals surface area contributed by atoms with Gasteiger partial charge in [-0.15, -0.1) is 0 Å². The maximum absolute atomic E-state index is 11.9. The first kappa shape index (κ1) is 12.3. The fourth-order valence-corrected chi connectivity index (χ4v) is 2.42. The van der Waals surface area contributed by atoms with E-state index in [2.05, 4.69) is 4.90 Å².